The van der Waals surface area contributed by atoms with Crippen LogP contribution in [0, 0.1) is 0 Å². The molecule has 2 aromatic rings. The first-order valence-corrected chi connectivity index (χ1v) is 5.31. The van der Waals surface area contributed by atoms with Crippen LogP contribution in [0.15, 0.2) is 30.3 Å². The molecule has 1 aromatic carbocycles. The lowest BCUT2D eigenvalue weighted by Gasteiger charge is -1.99. The highest BCUT2D eigenvalue weighted by Crippen LogP contribution is 2.23. The quantitative estimate of drug-likeness (QED) is 0.864. The van der Waals surface area contributed by atoms with Crippen LogP contribution < -0.4 is 4.74 Å². The molecule has 0 aliphatic carbocycles. The molecular weight excluding hydrogens is 210 g/mol. The highest BCUT2D eigenvalue weighted by atomic mass is 32.1. The molecule has 0 fully saturated rings. The Labute approximate surface area is 92.1 Å². The molecule has 0 spiro atoms. The number of hydrogen-bond acceptors (Lipinski definition) is 4. The number of benzene rings is 1. The van der Waals surface area contributed by atoms with Gasteiger partial charge in [0.15, 0.2) is 0 Å². The molecule has 1 heterocycles. The summed E-state index contributed by atoms with van der Waals surface area (Å²) in [4.78, 5) is 0.876. The number of methoxy groups -OCH3 is 1. The van der Waals surface area contributed by atoms with Gasteiger partial charge in [0.25, 0.3) is 0 Å². The summed E-state index contributed by atoms with van der Waals surface area (Å²) >= 11 is 1.32. The Morgan fingerprint density at radius 3 is 2.60 bits per heavy atom. The normalized spacial score (nSPS) is 10.3. The highest BCUT2D eigenvalue weighted by molar-refractivity contribution is 7.06. The third-order valence-corrected chi connectivity index (χ3v) is 2.87. The Hall–Kier alpha value is -1.39. The number of aliphatic hydroxyl groups excluding tert-OH is 1. The van der Waals surface area contributed by atoms with Crippen LogP contribution in [0.25, 0.3) is 11.3 Å². The minimum atomic E-state index is 0.0494. The topological polar surface area (TPSA) is 42.4 Å². The van der Waals surface area contributed by atoms with Gasteiger partial charge in [0.05, 0.1) is 24.3 Å². The summed E-state index contributed by atoms with van der Waals surface area (Å²) in [5.74, 6) is 0.830. The molecule has 0 aliphatic heterocycles. The van der Waals surface area contributed by atoms with Gasteiger partial charge in [-0.15, -0.1) is 0 Å². The van der Waals surface area contributed by atoms with E-state index in [2.05, 4.69) is 4.37 Å². The minimum absolute atomic E-state index is 0.0494. The van der Waals surface area contributed by atoms with Gasteiger partial charge in [-0.1, -0.05) is 0 Å². The Morgan fingerprint density at radius 2 is 2.07 bits per heavy atom. The monoisotopic (exact) mass is 221 g/mol. The second-order valence-corrected chi connectivity index (χ2v) is 3.95. The molecule has 0 aliphatic rings. The van der Waals surface area contributed by atoms with Crippen LogP contribution in [0.2, 0.25) is 0 Å². The predicted molar refractivity (Wildman–Crippen MR) is 60.0 cm³/mol. The third kappa shape index (κ3) is 2.16. The molecule has 0 atom stereocenters. The standard InChI is InChI=1S/C11H11NO2S/c1-14-9-4-2-8(3-5-9)11-6-10(7-13)15-12-11/h2-6,13H,7H2,1H3. The molecule has 0 saturated carbocycles. The van der Waals surface area contributed by atoms with Crippen molar-refractivity contribution >= 4 is 11.5 Å². The van der Waals surface area contributed by atoms with Gasteiger partial charge in [0, 0.05) is 5.56 Å². The SMILES string of the molecule is COc1ccc(-c2cc(CO)sn2)cc1. The van der Waals surface area contributed by atoms with Crippen molar-refractivity contribution in [1.82, 2.24) is 4.37 Å². The lowest BCUT2D eigenvalue weighted by Crippen LogP contribution is -1.82. The second kappa shape index (κ2) is 4.42. The van der Waals surface area contributed by atoms with Crippen LogP contribution in [0.1, 0.15) is 4.88 Å². The Balaban J connectivity index is 2.28. The fourth-order valence-electron chi connectivity index (χ4n) is 1.29. The average molecular weight is 221 g/mol. The highest BCUT2D eigenvalue weighted by Gasteiger charge is 2.03. The van der Waals surface area contributed by atoms with E-state index in [1.54, 1.807) is 7.11 Å². The number of aromatic nitrogens is 1. The van der Waals surface area contributed by atoms with Gasteiger partial charge in [-0.25, -0.2) is 0 Å². The summed E-state index contributed by atoms with van der Waals surface area (Å²) in [5.41, 5.74) is 1.93. The van der Waals surface area contributed by atoms with Crippen molar-refractivity contribution in [2.24, 2.45) is 0 Å². The molecule has 78 valence electrons. The zero-order valence-electron chi connectivity index (χ0n) is 8.30. The Kier molecular flexibility index (Phi) is 2.99. The second-order valence-electron chi connectivity index (χ2n) is 3.07. The van der Waals surface area contributed by atoms with E-state index in [0.29, 0.717) is 0 Å². The minimum Gasteiger partial charge on any atom is -0.497 e. The van der Waals surface area contributed by atoms with Crippen molar-refractivity contribution in [2.45, 2.75) is 6.61 Å². The molecule has 1 N–H and O–H groups in total. The molecule has 0 bridgehead atoms. The number of nitrogens with zero attached hydrogens (tertiary/aromatic N) is 1. The fourth-order valence-corrected chi connectivity index (χ4v) is 1.88. The summed E-state index contributed by atoms with van der Waals surface area (Å²) in [6.45, 7) is 0.0494. The van der Waals surface area contributed by atoms with Gasteiger partial charge in [-0.2, -0.15) is 4.37 Å². The van der Waals surface area contributed by atoms with Crippen LogP contribution in [-0.2, 0) is 6.61 Å². The van der Waals surface area contributed by atoms with E-state index in [0.717, 1.165) is 21.9 Å². The molecule has 2 rings (SSSR count). The van der Waals surface area contributed by atoms with E-state index in [9.17, 15) is 0 Å². The van der Waals surface area contributed by atoms with Crippen molar-refractivity contribution in [3.63, 3.8) is 0 Å². The molecule has 0 amide bonds. The Bertz CT molecular complexity index is 436. The van der Waals surface area contributed by atoms with E-state index < -0.39 is 0 Å². The summed E-state index contributed by atoms with van der Waals surface area (Å²) in [6.07, 6.45) is 0. The van der Waals surface area contributed by atoms with E-state index >= 15 is 0 Å². The number of rotatable bonds is 3. The third-order valence-electron chi connectivity index (χ3n) is 2.10. The van der Waals surface area contributed by atoms with Gasteiger partial charge in [0.2, 0.25) is 0 Å². The Morgan fingerprint density at radius 1 is 1.33 bits per heavy atom. The maximum absolute atomic E-state index is 8.93. The maximum Gasteiger partial charge on any atom is 0.118 e. The van der Waals surface area contributed by atoms with Crippen molar-refractivity contribution in [2.75, 3.05) is 7.11 Å². The van der Waals surface area contributed by atoms with Crippen LogP contribution >= 0.6 is 11.5 Å². The molecular formula is C11H11NO2S. The van der Waals surface area contributed by atoms with Crippen LogP contribution in [-0.4, -0.2) is 16.6 Å². The molecule has 0 radical (unpaired) electrons. The van der Waals surface area contributed by atoms with Crippen molar-refractivity contribution in [3.05, 3.63) is 35.2 Å². The van der Waals surface area contributed by atoms with Crippen molar-refractivity contribution in [1.29, 1.82) is 0 Å². The van der Waals surface area contributed by atoms with Crippen LogP contribution in [0.4, 0.5) is 0 Å². The molecule has 1 aromatic heterocycles. The smallest absolute Gasteiger partial charge is 0.118 e. The molecule has 0 saturated heterocycles. The maximum atomic E-state index is 8.93. The number of ether oxygens (including phenoxy) is 1. The van der Waals surface area contributed by atoms with Gasteiger partial charge >= 0.3 is 0 Å². The molecule has 3 nitrogen and oxygen atoms in total. The summed E-state index contributed by atoms with van der Waals surface area (Å²) in [7, 11) is 1.64. The average Bonchev–Trinajstić information content (AvgIpc) is 2.78. The van der Waals surface area contributed by atoms with Crippen molar-refractivity contribution < 1.29 is 9.84 Å². The van der Waals surface area contributed by atoms with E-state index in [4.69, 9.17) is 9.84 Å². The first kappa shape index (κ1) is 10.1. The van der Waals surface area contributed by atoms with Crippen molar-refractivity contribution in [3.8, 4) is 17.0 Å². The van der Waals surface area contributed by atoms with Gasteiger partial charge in [-0.05, 0) is 41.9 Å². The summed E-state index contributed by atoms with van der Waals surface area (Å²) < 4.78 is 9.33. The first-order valence-electron chi connectivity index (χ1n) is 4.54. The number of hydrogen-bond donors (Lipinski definition) is 1. The lowest BCUT2D eigenvalue weighted by atomic mass is 10.1. The zero-order chi connectivity index (χ0) is 10.7. The van der Waals surface area contributed by atoms with Gasteiger partial charge in [-0.3, -0.25) is 0 Å². The zero-order valence-corrected chi connectivity index (χ0v) is 9.12. The lowest BCUT2D eigenvalue weighted by molar-refractivity contribution is 0.285. The van der Waals surface area contributed by atoms with Gasteiger partial charge in [0.1, 0.15) is 5.75 Å². The summed E-state index contributed by atoms with van der Waals surface area (Å²) in [5, 5.41) is 8.93. The summed E-state index contributed by atoms with van der Waals surface area (Å²) in [6, 6.07) is 9.59. The molecule has 15 heavy (non-hydrogen) atoms. The molecule has 4 heteroatoms. The fraction of sp³-hybridized carbons (Fsp3) is 0.182. The van der Waals surface area contributed by atoms with Crippen LogP contribution in [0.3, 0.4) is 0 Å². The molecule has 0 unspecified atom stereocenters. The number of aliphatic hydroxyl groups is 1. The van der Waals surface area contributed by atoms with Crippen LogP contribution in [0.5, 0.6) is 5.75 Å². The van der Waals surface area contributed by atoms with Gasteiger partial charge < -0.3 is 9.84 Å². The van der Waals surface area contributed by atoms with E-state index in [-0.39, 0.29) is 6.61 Å². The predicted octanol–water partition coefficient (Wildman–Crippen LogP) is 2.31. The van der Waals surface area contributed by atoms with E-state index in [1.165, 1.54) is 11.5 Å². The first-order chi connectivity index (χ1) is 7.33. The largest absolute Gasteiger partial charge is 0.497 e. The van der Waals surface area contributed by atoms with E-state index in [1.807, 2.05) is 30.3 Å².